The first kappa shape index (κ1) is 26.0. The van der Waals surface area contributed by atoms with Gasteiger partial charge in [0, 0.05) is 0 Å². The number of benzene rings is 4. The Morgan fingerprint density at radius 1 is 0.775 bits per heavy atom. The standard InChI is InChI=1S/C35H30FGeN2O/c1-22-14-16-27-28-17-15-26(20-38)33(25-13-9-12-24(18-25)23-10-7-6-8-11-23)35(28)40-34(27)32(22)31-19-29(36)30(21-39(31)5)37(2,3)4/h6-19,21H,1-5H3/q+1. The van der Waals surface area contributed by atoms with Gasteiger partial charge in [-0.05, 0) is 5.56 Å². The van der Waals surface area contributed by atoms with Crippen molar-refractivity contribution >= 4 is 39.6 Å². The van der Waals surface area contributed by atoms with Crippen LogP contribution in [-0.4, -0.2) is 13.3 Å². The van der Waals surface area contributed by atoms with Crippen molar-refractivity contribution in [2.45, 2.75) is 24.2 Å². The van der Waals surface area contributed by atoms with E-state index in [2.05, 4.69) is 59.7 Å². The molecular formula is C35H30FGeN2O+. The molecule has 196 valence electrons. The second kappa shape index (κ2) is 9.76. The number of rotatable bonds is 4. The summed E-state index contributed by atoms with van der Waals surface area (Å²) in [6.07, 6.45) is 1.96. The van der Waals surface area contributed by atoms with Crippen molar-refractivity contribution in [2.24, 2.45) is 7.05 Å². The Morgan fingerprint density at radius 2 is 1.43 bits per heavy atom. The number of hydrogen-bond donors (Lipinski definition) is 0. The predicted molar refractivity (Wildman–Crippen MR) is 164 cm³/mol. The Hall–Kier alpha value is -4.21. The average Bonchev–Trinajstić information content (AvgIpc) is 3.32. The van der Waals surface area contributed by atoms with E-state index >= 15 is 4.39 Å². The summed E-state index contributed by atoms with van der Waals surface area (Å²) in [4.78, 5) is 0. The number of aryl methyl sites for hydroxylation is 2. The van der Waals surface area contributed by atoms with Gasteiger partial charge in [-0.3, -0.25) is 0 Å². The second-order valence-corrected chi connectivity index (χ2v) is 22.0. The summed E-state index contributed by atoms with van der Waals surface area (Å²) in [5.41, 5.74) is 8.40. The third kappa shape index (κ3) is 4.31. The van der Waals surface area contributed by atoms with Crippen LogP contribution in [0.1, 0.15) is 11.1 Å². The van der Waals surface area contributed by atoms with Crippen LogP contribution in [0, 0.1) is 24.1 Å². The van der Waals surface area contributed by atoms with Gasteiger partial charge < -0.3 is 0 Å². The Morgan fingerprint density at radius 3 is 2.12 bits per heavy atom. The number of halogens is 1. The molecule has 0 bridgehead atoms. The van der Waals surface area contributed by atoms with Crippen LogP contribution in [0.2, 0.25) is 17.3 Å². The van der Waals surface area contributed by atoms with Crippen LogP contribution < -0.4 is 8.96 Å². The maximum atomic E-state index is 15.5. The van der Waals surface area contributed by atoms with Gasteiger partial charge in [0.1, 0.15) is 0 Å². The zero-order valence-corrected chi connectivity index (χ0v) is 25.4. The van der Waals surface area contributed by atoms with Crippen molar-refractivity contribution in [1.82, 2.24) is 0 Å². The molecule has 0 N–H and O–H groups in total. The monoisotopic (exact) mass is 587 g/mol. The van der Waals surface area contributed by atoms with E-state index in [1.807, 2.05) is 67.2 Å². The van der Waals surface area contributed by atoms with Gasteiger partial charge >= 0.3 is 195 Å². The van der Waals surface area contributed by atoms with Crippen molar-refractivity contribution in [2.75, 3.05) is 0 Å². The fourth-order valence-corrected chi connectivity index (χ4v) is 8.48. The number of furan rings is 1. The molecule has 0 aliphatic heterocycles. The molecule has 0 saturated heterocycles. The molecule has 0 radical (unpaired) electrons. The summed E-state index contributed by atoms with van der Waals surface area (Å²) in [7, 11) is 1.97. The van der Waals surface area contributed by atoms with Crippen molar-refractivity contribution in [3.8, 4) is 39.6 Å². The molecule has 0 aliphatic rings. The van der Waals surface area contributed by atoms with E-state index in [0.29, 0.717) is 16.7 Å². The molecule has 0 unspecified atom stereocenters. The number of hydrogen-bond acceptors (Lipinski definition) is 2. The summed E-state index contributed by atoms with van der Waals surface area (Å²) in [5, 5.41) is 12.0. The Balaban J connectivity index is 1.63. The maximum absolute atomic E-state index is 15.5. The SMILES string of the molecule is Cc1ccc2c(oc3c(-c4cccc(-c5ccccc5)c4)c(C#N)ccc32)c1-c1cc(F)[c]([Ge]([CH3])([CH3])[CH3])c[n+]1C. The van der Waals surface area contributed by atoms with Gasteiger partial charge in [0.05, 0.1) is 0 Å². The summed E-state index contributed by atoms with van der Waals surface area (Å²) in [6, 6.07) is 30.4. The molecular weight excluding hydrogens is 556 g/mol. The van der Waals surface area contributed by atoms with Gasteiger partial charge in [-0.2, -0.15) is 0 Å². The van der Waals surface area contributed by atoms with Gasteiger partial charge in [0.2, 0.25) is 0 Å². The number of aromatic nitrogens is 1. The molecule has 4 aromatic carbocycles. The van der Waals surface area contributed by atoms with Gasteiger partial charge in [0.25, 0.3) is 0 Å². The quantitative estimate of drug-likeness (QED) is 0.154. The second-order valence-electron chi connectivity index (χ2n) is 11.4. The van der Waals surface area contributed by atoms with E-state index < -0.39 is 13.3 Å². The number of nitrogens with zero attached hydrogens (tertiary/aromatic N) is 2. The molecule has 0 fully saturated rings. The van der Waals surface area contributed by atoms with Gasteiger partial charge in [-0.25, -0.2) is 0 Å². The molecule has 6 rings (SSSR count). The van der Waals surface area contributed by atoms with E-state index in [1.54, 1.807) is 6.07 Å². The Kier molecular flexibility index (Phi) is 6.36. The number of fused-ring (bicyclic) bond motifs is 3. The third-order valence-corrected chi connectivity index (χ3v) is 11.8. The van der Waals surface area contributed by atoms with Crippen LogP contribution in [0.25, 0.3) is 55.4 Å². The topological polar surface area (TPSA) is 40.8 Å². The molecule has 40 heavy (non-hydrogen) atoms. The zero-order chi connectivity index (χ0) is 28.2. The summed E-state index contributed by atoms with van der Waals surface area (Å²) in [5.74, 6) is 6.44. The van der Waals surface area contributed by atoms with Crippen molar-refractivity contribution in [1.29, 1.82) is 5.26 Å². The fourth-order valence-electron chi connectivity index (χ4n) is 5.61. The molecule has 0 spiro atoms. The summed E-state index contributed by atoms with van der Waals surface area (Å²) < 4.78 is 25.1. The van der Waals surface area contributed by atoms with Crippen LogP contribution >= 0.6 is 0 Å². The van der Waals surface area contributed by atoms with Gasteiger partial charge in [0.15, 0.2) is 0 Å². The molecule has 3 nitrogen and oxygen atoms in total. The van der Waals surface area contributed by atoms with Crippen LogP contribution in [0.4, 0.5) is 4.39 Å². The van der Waals surface area contributed by atoms with E-state index in [9.17, 15) is 5.26 Å². The molecule has 0 saturated carbocycles. The first-order valence-corrected chi connectivity index (χ1v) is 20.8. The molecule has 0 amide bonds. The molecule has 0 aliphatic carbocycles. The summed E-state index contributed by atoms with van der Waals surface area (Å²) in [6.45, 7) is 2.03. The van der Waals surface area contributed by atoms with Gasteiger partial charge in [-0.15, -0.1) is 0 Å². The molecule has 2 heterocycles. The first-order chi connectivity index (χ1) is 19.2. The zero-order valence-electron chi connectivity index (χ0n) is 23.3. The van der Waals surface area contributed by atoms with E-state index in [4.69, 9.17) is 4.42 Å². The predicted octanol–water partition coefficient (Wildman–Crippen LogP) is 8.28. The van der Waals surface area contributed by atoms with Crippen molar-refractivity contribution in [3.05, 3.63) is 108 Å². The Labute approximate surface area is 236 Å². The van der Waals surface area contributed by atoms with Crippen LogP contribution in [0.5, 0.6) is 0 Å². The van der Waals surface area contributed by atoms with Crippen LogP contribution in [-0.2, 0) is 7.05 Å². The van der Waals surface area contributed by atoms with Crippen LogP contribution in [0.3, 0.4) is 0 Å². The van der Waals surface area contributed by atoms with E-state index in [0.717, 1.165) is 54.2 Å². The molecule has 5 heteroatoms. The van der Waals surface area contributed by atoms with Crippen molar-refractivity contribution in [3.63, 3.8) is 0 Å². The molecule has 0 atom stereocenters. The van der Waals surface area contributed by atoms with E-state index in [1.165, 1.54) is 0 Å². The Bertz CT molecular complexity index is 1980. The number of pyridine rings is 1. The fraction of sp³-hybridized carbons (Fsp3) is 0.143. The molecule has 6 aromatic rings. The minimum absolute atomic E-state index is 0.154. The normalized spacial score (nSPS) is 11.7. The van der Waals surface area contributed by atoms with E-state index in [-0.39, 0.29) is 5.82 Å². The first-order valence-electron chi connectivity index (χ1n) is 13.4. The molecule has 2 aromatic heterocycles. The summed E-state index contributed by atoms with van der Waals surface area (Å²) >= 11 is -2.40. The minimum atomic E-state index is -2.40. The average molecular weight is 586 g/mol. The number of nitriles is 1. The third-order valence-electron chi connectivity index (χ3n) is 7.68. The van der Waals surface area contributed by atoms with Crippen LogP contribution in [0.15, 0.2) is 95.5 Å². The van der Waals surface area contributed by atoms with Crippen molar-refractivity contribution < 1.29 is 13.4 Å². The van der Waals surface area contributed by atoms with Gasteiger partial charge in [-0.1, -0.05) is 36.4 Å².